The molecule has 0 atom stereocenters. The lowest BCUT2D eigenvalue weighted by Crippen LogP contribution is -2.38. The number of rotatable bonds is 9. The van der Waals surface area contributed by atoms with Gasteiger partial charge in [-0.05, 0) is 38.4 Å². The summed E-state index contributed by atoms with van der Waals surface area (Å²) in [5.74, 6) is 2.63. The Hall–Kier alpha value is -0.510. The van der Waals surface area contributed by atoms with Gasteiger partial charge in [0.15, 0.2) is 11.1 Å². The third-order valence-electron chi connectivity index (χ3n) is 4.44. The van der Waals surface area contributed by atoms with Crippen LogP contribution in [0.3, 0.4) is 0 Å². The maximum absolute atomic E-state index is 4.61. The van der Waals surface area contributed by atoms with Gasteiger partial charge in [0.2, 0.25) is 0 Å². The summed E-state index contributed by atoms with van der Waals surface area (Å²) in [6, 6.07) is 0.602. The Bertz CT molecular complexity index is 540. The third kappa shape index (κ3) is 7.25. The van der Waals surface area contributed by atoms with Crippen molar-refractivity contribution in [2.75, 3.05) is 25.9 Å². The van der Waals surface area contributed by atoms with Crippen LogP contribution in [0.5, 0.6) is 0 Å². The number of hydrogen-bond donors (Lipinski definition) is 2. The minimum atomic E-state index is 0. The Kier molecular flexibility index (Phi) is 11.6. The highest BCUT2D eigenvalue weighted by Crippen LogP contribution is 2.33. The van der Waals surface area contributed by atoms with Gasteiger partial charge in [0.1, 0.15) is 5.82 Å². The number of nitrogens with one attached hydrogen (secondary N) is 2. The molecule has 0 unspecified atom stereocenters. The molecule has 1 aliphatic rings. The van der Waals surface area contributed by atoms with Crippen molar-refractivity contribution in [3.8, 4) is 0 Å². The highest BCUT2D eigenvalue weighted by molar-refractivity contribution is 14.0. The predicted octanol–water partition coefficient (Wildman–Crippen LogP) is 3.88. The van der Waals surface area contributed by atoms with E-state index in [-0.39, 0.29) is 24.0 Å². The maximum Gasteiger partial charge on any atom is 0.191 e. The Morgan fingerprint density at radius 3 is 2.62 bits per heavy atom. The van der Waals surface area contributed by atoms with E-state index >= 15 is 0 Å². The van der Waals surface area contributed by atoms with Crippen LogP contribution >= 0.6 is 35.7 Å². The molecule has 0 bridgehead atoms. The molecule has 1 aromatic heterocycles. The maximum atomic E-state index is 4.61. The Morgan fingerprint density at radius 2 is 2.00 bits per heavy atom. The minimum Gasteiger partial charge on any atom is -0.357 e. The fourth-order valence-corrected chi connectivity index (χ4v) is 3.79. The van der Waals surface area contributed by atoms with Crippen LogP contribution in [-0.4, -0.2) is 46.6 Å². The summed E-state index contributed by atoms with van der Waals surface area (Å²) in [5, 5.41) is 16.7. The normalized spacial score (nSPS) is 15.3. The van der Waals surface area contributed by atoms with Gasteiger partial charge in [-0.15, -0.1) is 34.2 Å². The van der Waals surface area contributed by atoms with Crippen molar-refractivity contribution in [2.24, 2.45) is 10.9 Å². The van der Waals surface area contributed by atoms with Gasteiger partial charge in [0.25, 0.3) is 0 Å². The molecule has 0 amide bonds. The molecule has 150 valence electrons. The number of halogens is 1. The van der Waals surface area contributed by atoms with Crippen LogP contribution in [0, 0.1) is 5.92 Å². The fraction of sp³-hybridized carbons (Fsp3) is 0.833. The number of aliphatic imine (C=N–C) groups is 1. The zero-order valence-corrected chi connectivity index (χ0v) is 19.8. The fourth-order valence-electron chi connectivity index (χ4n) is 3.22. The first-order valence-electron chi connectivity index (χ1n) is 9.65. The van der Waals surface area contributed by atoms with Gasteiger partial charge >= 0.3 is 0 Å². The van der Waals surface area contributed by atoms with E-state index in [0.717, 1.165) is 49.4 Å². The third-order valence-corrected chi connectivity index (χ3v) is 5.08. The quantitative estimate of drug-likeness (QED) is 0.179. The summed E-state index contributed by atoms with van der Waals surface area (Å²) >= 11 is 1.71. The second-order valence-electron chi connectivity index (χ2n) is 7.06. The van der Waals surface area contributed by atoms with Crippen LogP contribution in [0.1, 0.15) is 64.7 Å². The molecule has 8 heteroatoms. The summed E-state index contributed by atoms with van der Waals surface area (Å²) in [6.45, 7) is 9.11. The number of thioether (sulfide) groups is 1. The molecule has 1 aliphatic carbocycles. The van der Waals surface area contributed by atoms with Gasteiger partial charge in [0, 0.05) is 32.1 Å². The second kappa shape index (κ2) is 12.8. The van der Waals surface area contributed by atoms with Gasteiger partial charge in [-0.1, -0.05) is 38.5 Å². The topological polar surface area (TPSA) is 67.1 Å². The van der Waals surface area contributed by atoms with Crippen molar-refractivity contribution in [3.63, 3.8) is 0 Å². The van der Waals surface area contributed by atoms with Crippen molar-refractivity contribution >= 4 is 41.7 Å². The van der Waals surface area contributed by atoms with Crippen LogP contribution in [0.2, 0.25) is 0 Å². The molecule has 0 aromatic carbocycles. The Morgan fingerprint density at radius 1 is 1.27 bits per heavy atom. The molecule has 1 heterocycles. The average Bonchev–Trinajstić information content (AvgIpc) is 3.24. The van der Waals surface area contributed by atoms with Gasteiger partial charge in [-0.2, -0.15) is 0 Å². The van der Waals surface area contributed by atoms with E-state index in [9.17, 15) is 0 Å². The van der Waals surface area contributed by atoms with E-state index in [1.165, 1.54) is 25.7 Å². The van der Waals surface area contributed by atoms with Crippen molar-refractivity contribution in [1.82, 2.24) is 25.4 Å². The van der Waals surface area contributed by atoms with E-state index < -0.39 is 0 Å². The van der Waals surface area contributed by atoms with Gasteiger partial charge < -0.3 is 15.2 Å². The lowest BCUT2D eigenvalue weighted by Gasteiger charge is -2.16. The van der Waals surface area contributed by atoms with E-state index in [1.54, 1.807) is 11.8 Å². The molecule has 0 saturated heterocycles. The molecule has 6 nitrogen and oxygen atoms in total. The summed E-state index contributed by atoms with van der Waals surface area (Å²) in [6.07, 6.45) is 9.28. The monoisotopic (exact) mass is 494 g/mol. The van der Waals surface area contributed by atoms with Crippen LogP contribution in [0.25, 0.3) is 0 Å². The predicted molar refractivity (Wildman–Crippen MR) is 122 cm³/mol. The summed E-state index contributed by atoms with van der Waals surface area (Å²) in [7, 11) is 0. The van der Waals surface area contributed by atoms with Crippen molar-refractivity contribution in [1.29, 1.82) is 0 Å². The van der Waals surface area contributed by atoms with Crippen molar-refractivity contribution < 1.29 is 0 Å². The standard InChI is InChI=1S/C18H34N6S.HI/c1-5-19-17(21-13-14(2)3)20-12-8-11-16-22-23-18(25-4)24(16)15-9-6-7-10-15;/h14-15H,5-13H2,1-4H3,(H2,19,20,21);1H. The summed E-state index contributed by atoms with van der Waals surface area (Å²) < 4.78 is 2.40. The van der Waals surface area contributed by atoms with E-state index in [4.69, 9.17) is 0 Å². The molecule has 1 fully saturated rings. The number of aromatic nitrogens is 3. The Balaban J connectivity index is 0.00000338. The first-order chi connectivity index (χ1) is 12.2. The largest absolute Gasteiger partial charge is 0.357 e. The summed E-state index contributed by atoms with van der Waals surface area (Å²) in [4.78, 5) is 4.61. The van der Waals surface area contributed by atoms with Crippen LogP contribution in [0.4, 0.5) is 0 Å². The molecule has 0 aliphatic heterocycles. The Labute approximate surface area is 179 Å². The highest BCUT2D eigenvalue weighted by Gasteiger charge is 2.23. The molecule has 0 radical (unpaired) electrons. The number of guanidine groups is 1. The zero-order valence-electron chi connectivity index (χ0n) is 16.6. The molecule has 26 heavy (non-hydrogen) atoms. The van der Waals surface area contributed by atoms with Crippen molar-refractivity contribution in [2.45, 2.75) is 70.5 Å². The van der Waals surface area contributed by atoms with Gasteiger partial charge in [-0.25, -0.2) is 0 Å². The van der Waals surface area contributed by atoms with Crippen LogP contribution in [-0.2, 0) is 6.42 Å². The van der Waals surface area contributed by atoms with Gasteiger partial charge in [-0.3, -0.25) is 4.99 Å². The molecule has 1 aromatic rings. The second-order valence-corrected chi connectivity index (χ2v) is 7.83. The SMILES string of the molecule is CCNC(=NCC(C)C)NCCCc1nnc(SC)n1C1CCCC1.I. The first kappa shape index (κ1) is 23.5. The minimum absolute atomic E-state index is 0. The average molecular weight is 494 g/mol. The summed E-state index contributed by atoms with van der Waals surface area (Å²) in [5.41, 5.74) is 0. The number of hydrogen-bond acceptors (Lipinski definition) is 4. The van der Waals surface area contributed by atoms with Crippen LogP contribution in [0.15, 0.2) is 10.1 Å². The first-order valence-corrected chi connectivity index (χ1v) is 10.9. The smallest absolute Gasteiger partial charge is 0.191 e. The molecule has 1 saturated carbocycles. The van der Waals surface area contributed by atoms with E-state index in [2.05, 4.69) is 57.4 Å². The molecule has 2 N–H and O–H groups in total. The number of aryl methyl sites for hydroxylation is 1. The van der Waals surface area contributed by atoms with Gasteiger partial charge in [0.05, 0.1) is 0 Å². The number of nitrogens with zero attached hydrogens (tertiary/aromatic N) is 4. The molecule has 2 rings (SSSR count). The molecular formula is C18H35IN6S. The van der Waals surface area contributed by atoms with E-state index in [0.29, 0.717) is 12.0 Å². The van der Waals surface area contributed by atoms with Crippen molar-refractivity contribution in [3.05, 3.63) is 5.82 Å². The molecule has 0 spiro atoms. The lowest BCUT2D eigenvalue weighted by atomic mass is 10.2. The molecular weight excluding hydrogens is 459 g/mol. The van der Waals surface area contributed by atoms with E-state index in [1.807, 2.05) is 0 Å². The highest BCUT2D eigenvalue weighted by atomic mass is 127. The van der Waals surface area contributed by atoms with Crippen LogP contribution < -0.4 is 10.6 Å². The lowest BCUT2D eigenvalue weighted by molar-refractivity contribution is 0.460. The zero-order chi connectivity index (χ0) is 18.1.